The Kier molecular flexibility index (Phi) is 6.64. The number of halogens is 3. The van der Waals surface area contributed by atoms with Crippen LogP contribution < -0.4 is 10.1 Å². The Morgan fingerprint density at radius 2 is 1.97 bits per heavy atom. The Hall–Kier alpha value is -2.41. The number of carbonyl (C=O) groups excluding carboxylic acids is 1. The maximum Gasteiger partial charge on any atom is 0.270 e. The summed E-state index contributed by atoms with van der Waals surface area (Å²) < 4.78 is 19.0. The molecule has 0 spiro atoms. The van der Waals surface area contributed by atoms with Crippen LogP contribution in [0.4, 0.5) is 4.39 Å². The second kappa shape index (κ2) is 9.57. The largest absolute Gasteiger partial charge is 0.491 e. The maximum atomic E-state index is 13.5. The van der Waals surface area contributed by atoms with Gasteiger partial charge in [-0.25, -0.2) is 9.37 Å². The van der Waals surface area contributed by atoms with Crippen LogP contribution in [0.15, 0.2) is 48.5 Å². The van der Waals surface area contributed by atoms with Crippen molar-refractivity contribution in [1.82, 2.24) is 10.3 Å². The van der Waals surface area contributed by atoms with Gasteiger partial charge in [0.15, 0.2) is 0 Å². The number of rotatable bonds is 9. The van der Waals surface area contributed by atoms with Crippen molar-refractivity contribution in [3.05, 3.63) is 70.1 Å². The van der Waals surface area contributed by atoms with Crippen LogP contribution >= 0.6 is 23.2 Å². The van der Waals surface area contributed by atoms with Crippen LogP contribution in [0.5, 0.6) is 5.75 Å². The first-order chi connectivity index (χ1) is 16.7. The zero-order chi connectivity index (χ0) is 24.6. The van der Waals surface area contributed by atoms with Gasteiger partial charge in [-0.1, -0.05) is 35.7 Å². The lowest BCUT2D eigenvalue weighted by Gasteiger charge is -2.48. The van der Waals surface area contributed by atoms with E-state index in [1.807, 2.05) is 18.2 Å². The molecule has 0 aliphatic heterocycles. The number of benzene rings is 2. The Labute approximate surface area is 213 Å². The first-order valence-electron chi connectivity index (χ1n) is 11.9. The number of aliphatic hydroxyl groups excluding tert-OH is 1. The van der Waals surface area contributed by atoms with E-state index >= 15 is 0 Å². The van der Waals surface area contributed by atoms with Crippen LogP contribution in [0, 0.1) is 11.2 Å². The van der Waals surface area contributed by atoms with Gasteiger partial charge in [0.05, 0.1) is 16.6 Å². The fourth-order valence-corrected chi connectivity index (χ4v) is 6.08. The fraction of sp³-hybridized carbons (Fsp3) is 0.407. The molecule has 1 atom stereocenters. The number of aliphatic hydroxyl groups is 1. The molecule has 1 aromatic heterocycles. The van der Waals surface area contributed by atoms with Gasteiger partial charge >= 0.3 is 0 Å². The summed E-state index contributed by atoms with van der Waals surface area (Å²) in [5.74, 6) is -0.325. The summed E-state index contributed by atoms with van der Waals surface area (Å²) in [6.07, 6.45) is 5.85. The molecule has 1 heterocycles. The summed E-state index contributed by atoms with van der Waals surface area (Å²) in [5.41, 5.74) is 1.26. The summed E-state index contributed by atoms with van der Waals surface area (Å²) in [6, 6.07) is 13.3. The number of nitrogens with one attached hydrogen (secondary N) is 1. The van der Waals surface area contributed by atoms with Crippen molar-refractivity contribution in [1.29, 1.82) is 0 Å². The topological polar surface area (TPSA) is 71.5 Å². The van der Waals surface area contributed by atoms with E-state index in [0.717, 1.165) is 49.4 Å². The molecule has 3 aliphatic rings. The molecule has 184 valence electrons. The van der Waals surface area contributed by atoms with Gasteiger partial charge < -0.3 is 15.2 Å². The van der Waals surface area contributed by atoms with E-state index in [1.165, 1.54) is 12.1 Å². The Balaban J connectivity index is 1.07. The van der Waals surface area contributed by atoms with Gasteiger partial charge in [0.2, 0.25) is 0 Å². The van der Waals surface area contributed by atoms with Gasteiger partial charge in [-0.3, -0.25) is 4.79 Å². The van der Waals surface area contributed by atoms with E-state index in [-0.39, 0.29) is 28.5 Å². The van der Waals surface area contributed by atoms with E-state index < -0.39 is 11.9 Å². The standard InChI is InChI=1S/C27H27Cl2FN2O3/c28-18-4-8-23-17(12-18)3-7-24(31-23)25(34)32-27-11-10-26(15-27,16-27)9-1-2-19(33)14-35-20-5-6-21(29)22(30)13-20/h3-8,12-13,19,33H,1-2,9-11,14-16H2,(H,32,34). The van der Waals surface area contributed by atoms with Crippen LogP contribution in [-0.2, 0) is 0 Å². The van der Waals surface area contributed by atoms with Crippen LogP contribution in [0.25, 0.3) is 10.9 Å². The number of amides is 1. The molecule has 2 N–H and O–H groups in total. The van der Waals surface area contributed by atoms with Crippen LogP contribution in [-0.4, -0.2) is 34.2 Å². The highest BCUT2D eigenvalue weighted by atomic mass is 35.5. The number of aromatic nitrogens is 1. The van der Waals surface area contributed by atoms with Crippen molar-refractivity contribution in [2.45, 2.75) is 56.6 Å². The molecule has 0 saturated heterocycles. The van der Waals surface area contributed by atoms with Gasteiger partial charge in [-0.2, -0.15) is 0 Å². The van der Waals surface area contributed by atoms with Crippen LogP contribution in [0.3, 0.4) is 0 Å². The number of nitrogens with zero attached hydrogens (tertiary/aromatic N) is 1. The molecule has 3 saturated carbocycles. The Bertz CT molecular complexity index is 1260. The van der Waals surface area contributed by atoms with E-state index in [4.69, 9.17) is 27.9 Å². The number of fused-ring (bicyclic) bond motifs is 2. The second-order valence-corrected chi connectivity index (χ2v) is 10.9. The van der Waals surface area contributed by atoms with Gasteiger partial charge in [-0.05, 0) is 80.3 Å². The third-order valence-electron chi connectivity index (χ3n) is 7.40. The molecule has 35 heavy (non-hydrogen) atoms. The van der Waals surface area contributed by atoms with Crippen LogP contribution in [0.1, 0.15) is 55.4 Å². The maximum absolute atomic E-state index is 13.5. The van der Waals surface area contributed by atoms with E-state index in [0.29, 0.717) is 22.9 Å². The average molecular weight is 517 g/mol. The van der Waals surface area contributed by atoms with E-state index in [1.54, 1.807) is 18.2 Å². The third-order valence-corrected chi connectivity index (χ3v) is 7.94. The molecule has 1 unspecified atom stereocenters. The summed E-state index contributed by atoms with van der Waals surface area (Å²) in [6.45, 7) is 0.110. The molecule has 2 aromatic carbocycles. The molecule has 3 aliphatic carbocycles. The predicted molar refractivity (Wildman–Crippen MR) is 135 cm³/mol. The Morgan fingerprint density at radius 1 is 1.14 bits per heavy atom. The minimum atomic E-state index is -0.620. The smallest absolute Gasteiger partial charge is 0.270 e. The van der Waals surface area contributed by atoms with Crippen molar-refractivity contribution in [2.24, 2.45) is 5.41 Å². The minimum absolute atomic E-state index is 0.0420. The molecular weight excluding hydrogens is 490 g/mol. The summed E-state index contributed by atoms with van der Waals surface area (Å²) in [4.78, 5) is 17.4. The van der Waals surface area contributed by atoms with Gasteiger partial charge in [-0.15, -0.1) is 0 Å². The number of hydrogen-bond donors (Lipinski definition) is 2. The zero-order valence-electron chi connectivity index (χ0n) is 19.2. The first kappa shape index (κ1) is 24.3. The van der Waals surface area contributed by atoms with Crippen molar-refractivity contribution in [2.75, 3.05) is 6.61 Å². The van der Waals surface area contributed by atoms with Crippen molar-refractivity contribution in [3.8, 4) is 5.75 Å². The zero-order valence-corrected chi connectivity index (χ0v) is 20.7. The molecule has 8 heteroatoms. The van der Waals surface area contributed by atoms with E-state index in [2.05, 4.69) is 10.3 Å². The lowest BCUT2D eigenvalue weighted by molar-refractivity contribution is 0.0514. The lowest BCUT2D eigenvalue weighted by atomic mass is 9.62. The van der Waals surface area contributed by atoms with Gasteiger partial charge in [0.1, 0.15) is 23.9 Å². The molecule has 6 rings (SSSR count). The summed E-state index contributed by atoms with van der Waals surface area (Å²) in [5, 5.41) is 15.1. The highest BCUT2D eigenvalue weighted by molar-refractivity contribution is 6.31. The van der Waals surface area contributed by atoms with Crippen molar-refractivity contribution >= 4 is 40.0 Å². The molecule has 3 fully saturated rings. The number of hydrogen-bond acceptors (Lipinski definition) is 4. The highest BCUT2D eigenvalue weighted by Gasteiger charge is 2.60. The fourth-order valence-electron chi connectivity index (χ4n) is 5.78. The SMILES string of the molecule is O=C(NC12CCC(CCCC(O)COc3ccc(Cl)c(F)c3)(C1)C2)c1ccc2cc(Cl)ccc2n1. The number of pyridine rings is 1. The number of carbonyl (C=O) groups is 1. The molecule has 0 radical (unpaired) electrons. The Morgan fingerprint density at radius 3 is 2.77 bits per heavy atom. The van der Waals surface area contributed by atoms with Crippen molar-refractivity contribution in [3.63, 3.8) is 0 Å². The predicted octanol–water partition coefficient (Wildman–Crippen LogP) is 6.33. The van der Waals surface area contributed by atoms with Gasteiger partial charge in [0, 0.05) is 22.0 Å². The molecule has 1 amide bonds. The first-order valence-corrected chi connectivity index (χ1v) is 12.7. The van der Waals surface area contributed by atoms with E-state index in [9.17, 15) is 14.3 Å². The van der Waals surface area contributed by atoms with Gasteiger partial charge in [0.25, 0.3) is 5.91 Å². The molecule has 5 nitrogen and oxygen atoms in total. The monoisotopic (exact) mass is 516 g/mol. The minimum Gasteiger partial charge on any atom is -0.491 e. The summed E-state index contributed by atoms with van der Waals surface area (Å²) >= 11 is 11.7. The lowest BCUT2D eigenvalue weighted by Crippen LogP contribution is -2.55. The average Bonchev–Trinajstić information content (AvgIpc) is 3.34. The van der Waals surface area contributed by atoms with Crippen LogP contribution in [0.2, 0.25) is 10.0 Å². The second-order valence-electron chi connectivity index (χ2n) is 10.1. The molecule has 2 bridgehead atoms. The summed E-state index contributed by atoms with van der Waals surface area (Å²) in [7, 11) is 0. The highest BCUT2D eigenvalue weighted by Crippen LogP contribution is 2.63. The normalized spacial score (nSPS) is 23.7. The van der Waals surface area contributed by atoms with Crippen molar-refractivity contribution < 1.29 is 19.0 Å². The number of ether oxygens (including phenoxy) is 1. The molecular formula is C27H27Cl2FN2O3. The quantitative estimate of drug-likeness (QED) is 0.348. The molecule has 3 aromatic rings. The third kappa shape index (κ3) is 5.25.